The highest BCUT2D eigenvalue weighted by atomic mass is 16.6. The number of nitro benzene ring substituents is 1. The minimum absolute atomic E-state index is 0.145. The molecule has 8 nitrogen and oxygen atoms in total. The monoisotopic (exact) mass is 358 g/mol. The van der Waals surface area contributed by atoms with Gasteiger partial charge in [0, 0.05) is 6.07 Å². The first kappa shape index (κ1) is 18.9. The van der Waals surface area contributed by atoms with Crippen LogP contribution in [0, 0.1) is 24.0 Å². The Bertz CT molecular complexity index is 863. The fourth-order valence-corrected chi connectivity index (χ4v) is 2.27. The topological polar surface area (TPSA) is 108 Å². The van der Waals surface area contributed by atoms with E-state index in [1.54, 1.807) is 38.1 Å². The summed E-state index contributed by atoms with van der Waals surface area (Å²) in [7, 11) is 1.26. The number of esters is 1. The number of carbonyl (C=O) groups is 2. The van der Waals surface area contributed by atoms with E-state index in [2.05, 4.69) is 10.1 Å². The molecule has 26 heavy (non-hydrogen) atoms. The number of nitrogens with zero attached hydrogens (tertiary/aromatic N) is 1. The Labute approximate surface area is 149 Å². The van der Waals surface area contributed by atoms with Crippen molar-refractivity contribution in [3.8, 4) is 5.75 Å². The first-order valence-corrected chi connectivity index (χ1v) is 7.69. The standard InChI is InChI=1S/C18H18N2O6/c1-11-7-8-15(20(23)24)17(12(11)2)19-16(21)10-26-14-6-4-5-13(9-14)18(22)25-3/h4-9H,10H2,1-3H3,(H,19,21). The van der Waals surface area contributed by atoms with Crippen LogP contribution < -0.4 is 10.1 Å². The van der Waals surface area contributed by atoms with E-state index >= 15 is 0 Å². The third kappa shape index (κ3) is 4.35. The Balaban J connectivity index is 2.10. The van der Waals surface area contributed by atoms with Gasteiger partial charge in [0.25, 0.3) is 11.6 Å². The normalized spacial score (nSPS) is 10.1. The molecule has 0 radical (unpaired) electrons. The molecule has 8 heteroatoms. The van der Waals surface area contributed by atoms with Crippen LogP contribution in [0.15, 0.2) is 36.4 Å². The van der Waals surface area contributed by atoms with Gasteiger partial charge in [0.2, 0.25) is 0 Å². The fraction of sp³-hybridized carbons (Fsp3) is 0.222. The third-order valence-corrected chi connectivity index (χ3v) is 3.80. The van der Waals surface area contributed by atoms with Gasteiger partial charge in [0.1, 0.15) is 11.4 Å². The van der Waals surface area contributed by atoms with Crippen molar-refractivity contribution in [3.05, 3.63) is 63.2 Å². The van der Waals surface area contributed by atoms with Crippen molar-refractivity contribution in [2.45, 2.75) is 13.8 Å². The fourth-order valence-electron chi connectivity index (χ4n) is 2.27. The highest BCUT2D eigenvalue weighted by Crippen LogP contribution is 2.30. The molecular formula is C18H18N2O6. The number of benzene rings is 2. The lowest BCUT2D eigenvalue weighted by Gasteiger charge is -2.12. The second-order valence-electron chi connectivity index (χ2n) is 5.51. The molecule has 1 amide bonds. The van der Waals surface area contributed by atoms with E-state index in [1.807, 2.05) is 0 Å². The van der Waals surface area contributed by atoms with Crippen LogP contribution in [-0.2, 0) is 9.53 Å². The second kappa shape index (κ2) is 8.11. The number of ether oxygens (including phenoxy) is 2. The zero-order chi connectivity index (χ0) is 19.3. The molecule has 136 valence electrons. The van der Waals surface area contributed by atoms with Gasteiger partial charge in [-0.25, -0.2) is 4.79 Å². The minimum atomic E-state index is -0.553. The zero-order valence-corrected chi connectivity index (χ0v) is 14.6. The van der Waals surface area contributed by atoms with Crippen molar-refractivity contribution in [2.24, 2.45) is 0 Å². The van der Waals surface area contributed by atoms with Crippen LogP contribution in [0.5, 0.6) is 5.75 Å². The molecule has 2 rings (SSSR count). The van der Waals surface area contributed by atoms with Crippen molar-refractivity contribution in [2.75, 3.05) is 19.0 Å². The van der Waals surface area contributed by atoms with Crippen molar-refractivity contribution < 1.29 is 24.0 Å². The molecule has 0 heterocycles. The number of methoxy groups -OCH3 is 1. The quantitative estimate of drug-likeness (QED) is 0.483. The smallest absolute Gasteiger partial charge is 0.337 e. The molecule has 0 aliphatic carbocycles. The summed E-state index contributed by atoms with van der Waals surface area (Å²) in [5.41, 5.74) is 1.68. The lowest BCUT2D eigenvalue weighted by atomic mass is 10.1. The molecule has 0 aromatic heterocycles. The minimum Gasteiger partial charge on any atom is -0.484 e. The van der Waals surface area contributed by atoms with E-state index in [1.165, 1.54) is 19.2 Å². The summed E-state index contributed by atoms with van der Waals surface area (Å²) in [5.74, 6) is -0.769. The summed E-state index contributed by atoms with van der Waals surface area (Å²) in [5, 5.41) is 13.7. The average Bonchev–Trinajstić information content (AvgIpc) is 2.63. The van der Waals surface area contributed by atoms with E-state index in [-0.39, 0.29) is 23.5 Å². The number of nitro groups is 1. The van der Waals surface area contributed by atoms with Crippen molar-refractivity contribution >= 4 is 23.3 Å². The maximum Gasteiger partial charge on any atom is 0.337 e. The third-order valence-electron chi connectivity index (χ3n) is 3.80. The molecule has 0 unspecified atom stereocenters. The molecule has 0 saturated heterocycles. The average molecular weight is 358 g/mol. The largest absolute Gasteiger partial charge is 0.484 e. The van der Waals surface area contributed by atoms with E-state index in [9.17, 15) is 19.7 Å². The van der Waals surface area contributed by atoms with Crippen molar-refractivity contribution in [1.82, 2.24) is 0 Å². The molecule has 0 saturated carbocycles. The first-order valence-electron chi connectivity index (χ1n) is 7.69. The van der Waals surface area contributed by atoms with Gasteiger partial charge in [-0.15, -0.1) is 0 Å². The maximum absolute atomic E-state index is 12.1. The summed E-state index contributed by atoms with van der Waals surface area (Å²) in [4.78, 5) is 34.2. The number of rotatable bonds is 6. The summed E-state index contributed by atoms with van der Waals surface area (Å²) >= 11 is 0. The SMILES string of the molecule is COC(=O)c1cccc(OCC(=O)Nc2c([N+](=O)[O-])ccc(C)c2C)c1. The van der Waals surface area contributed by atoms with Gasteiger partial charge in [0.05, 0.1) is 17.6 Å². The molecule has 1 N–H and O–H groups in total. The molecule has 2 aromatic rings. The zero-order valence-electron chi connectivity index (χ0n) is 14.6. The van der Waals surface area contributed by atoms with Crippen LogP contribution in [0.4, 0.5) is 11.4 Å². The first-order chi connectivity index (χ1) is 12.3. The van der Waals surface area contributed by atoms with Gasteiger partial charge in [-0.1, -0.05) is 12.1 Å². The molecule has 0 atom stereocenters. The van der Waals surface area contributed by atoms with Gasteiger partial charge in [0.15, 0.2) is 6.61 Å². The number of amides is 1. The summed E-state index contributed by atoms with van der Waals surface area (Å²) in [6.07, 6.45) is 0. The molecule has 0 aliphatic rings. The van der Waals surface area contributed by atoms with E-state index < -0.39 is 16.8 Å². The number of nitrogens with one attached hydrogen (secondary N) is 1. The Hall–Kier alpha value is -3.42. The predicted octanol–water partition coefficient (Wildman–Crippen LogP) is 3.02. The molecular weight excluding hydrogens is 340 g/mol. The summed E-state index contributed by atoms with van der Waals surface area (Å²) < 4.78 is 9.97. The number of anilines is 1. The van der Waals surface area contributed by atoms with E-state index in [0.29, 0.717) is 11.3 Å². The molecule has 0 aliphatic heterocycles. The Morgan fingerprint density at radius 3 is 2.58 bits per heavy atom. The number of hydrogen-bond acceptors (Lipinski definition) is 6. The summed E-state index contributed by atoms with van der Waals surface area (Å²) in [6.45, 7) is 3.12. The van der Waals surface area contributed by atoms with Gasteiger partial charge >= 0.3 is 5.97 Å². The van der Waals surface area contributed by atoms with E-state index in [4.69, 9.17) is 4.74 Å². The van der Waals surface area contributed by atoms with Gasteiger partial charge in [-0.05, 0) is 43.2 Å². The van der Waals surface area contributed by atoms with Crippen LogP contribution >= 0.6 is 0 Å². The lowest BCUT2D eigenvalue weighted by molar-refractivity contribution is -0.384. The second-order valence-corrected chi connectivity index (χ2v) is 5.51. The highest BCUT2D eigenvalue weighted by molar-refractivity contribution is 5.95. The number of aryl methyl sites for hydroxylation is 1. The number of carbonyl (C=O) groups excluding carboxylic acids is 2. The Morgan fingerprint density at radius 2 is 1.92 bits per heavy atom. The lowest BCUT2D eigenvalue weighted by Crippen LogP contribution is -2.21. The van der Waals surface area contributed by atoms with E-state index in [0.717, 1.165) is 5.56 Å². The number of hydrogen-bond donors (Lipinski definition) is 1. The van der Waals surface area contributed by atoms with Crippen LogP contribution in [0.3, 0.4) is 0 Å². The van der Waals surface area contributed by atoms with Gasteiger partial charge < -0.3 is 14.8 Å². The van der Waals surface area contributed by atoms with Gasteiger partial charge in [-0.3, -0.25) is 14.9 Å². The van der Waals surface area contributed by atoms with Crippen LogP contribution in [0.25, 0.3) is 0 Å². The van der Waals surface area contributed by atoms with Gasteiger partial charge in [-0.2, -0.15) is 0 Å². The Kier molecular flexibility index (Phi) is 5.90. The predicted molar refractivity (Wildman–Crippen MR) is 94.5 cm³/mol. The molecule has 0 fully saturated rings. The van der Waals surface area contributed by atoms with Crippen molar-refractivity contribution in [3.63, 3.8) is 0 Å². The van der Waals surface area contributed by atoms with Crippen LogP contribution in [0.2, 0.25) is 0 Å². The van der Waals surface area contributed by atoms with Crippen molar-refractivity contribution in [1.29, 1.82) is 0 Å². The molecule has 0 bridgehead atoms. The van der Waals surface area contributed by atoms with Crippen LogP contribution in [0.1, 0.15) is 21.5 Å². The molecule has 0 spiro atoms. The molecule has 2 aromatic carbocycles. The summed E-state index contributed by atoms with van der Waals surface area (Å²) in [6, 6.07) is 9.14. The highest BCUT2D eigenvalue weighted by Gasteiger charge is 2.19. The van der Waals surface area contributed by atoms with Crippen LogP contribution in [-0.4, -0.2) is 30.5 Å². The maximum atomic E-state index is 12.1. The Morgan fingerprint density at radius 1 is 1.19 bits per heavy atom.